The highest BCUT2D eigenvalue weighted by Gasteiger charge is 2.37. The number of anilines is 1. The average Bonchev–Trinajstić information content (AvgIpc) is 3.10. The van der Waals surface area contributed by atoms with Crippen molar-refractivity contribution in [3.63, 3.8) is 0 Å². The highest BCUT2D eigenvalue weighted by atomic mass is 32.1. The molecule has 1 amide bonds. The molecule has 1 aliphatic heterocycles. The number of aliphatic carboxylic acids is 1. The molecule has 2 heterocycles. The van der Waals surface area contributed by atoms with Gasteiger partial charge in [0.05, 0.1) is 4.88 Å². The van der Waals surface area contributed by atoms with Crippen LogP contribution in [0.4, 0.5) is 5.69 Å². The molecule has 5 heteroatoms. The predicted octanol–water partition coefficient (Wildman–Crippen LogP) is 3.85. The molecule has 24 heavy (non-hydrogen) atoms. The van der Waals surface area contributed by atoms with Gasteiger partial charge in [0.1, 0.15) is 5.92 Å². The van der Waals surface area contributed by atoms with E-state index in [1.54, 1.807) is 16.2 Å². The number of para-hydroxylation sites is 1. The maximum absolute atomic E-state index is 13.0. The van der Waals surface area contributed by atoms with Crippen molar-refractivity contribution in [2.75, 3.05) is 11.4 Å². The summed E-state index contributed by atoms with van der Waals surface area (Å²) in [6.45, 7) is 0.218. The Kier molecular flexibility index (Phi) is 3.88. The lowest BCUT2D eigenvalue weighted by Crippen LogP contribution is -2.30. The largest absolute Gasteiger partial charge is 0.481 e. The summed E-state index contributed by atoms with van der Waals surface area (Å²) in [5.74, 6) is -1.58. The summed E-state index contributed by atoms with van der Waals surface area (Å²) in [7, 11) is 0. The quantitative estimate of drug-likeness (QED) is 0.844. The van der Waals surface area contributed by atoms with Crippen LogP contribution in [0.5, 0.6) is 0 Å². The van der Waals surface area contributed by atoms with Crippen molar-refractivity contribution < 1.29 is 14.7 Å². The number of carboxylic acid groups (broad SMARTS) is 1. The van der Waals surface area contributed by atoms with Gasteiger partial charge >= 0.3 is 5.97 Å². The molecule has 0 spiro atoms. The summed E-state index contributed by atoms with van der Waals surface area (Å²) < 4.78 is 0. The van der Waals surface area contributed by atoms with Gasteiger partial charge in [-0.2, -0.15) is 0 Å². The summed E-state index contributed by atoms with van der Waals surface area (Å²) in [6.07, 6.45) is 5.74. The molecule has 0 fully saturated rings. The Morgan fingerprint density at radius 2 is 1.92 bits per heavy atom. The first-order valence-electron chi connectivity index (χ1n) is 8.40. The van der Waals surface area contributed by atoms with E-state index in [1.165, 1.54) is 29.7 Å². The van der Waals surface area contributed by atoms with Crippen LogP contribution in [0.2, 0.25) is 0 Å². The third kappa shape index (κ3) is 2.53. The number of nitrogens with zero attached hydrogens (tertiary/aromatic N) is 1. The third-order valence-electron chi connectivity index (χ3n) is 4.97. The lowest BCUT2D eigenvalue weighted by Gasteiger charge is -2.16. The topological polar surface area (TPSA) is 57.6 Å². The molecule has 4 nitrogen and oxygen atoms in total. The number of carbonyl (C=O) groups excluding carboxylic acids is 1. The van der Waals surface area contributed by atoms with Gasteiger partial charge in [0, 0.05) is 17.1 Å². The molecular weight excluding hydrogens is 322 g/mol. The van der Waals surface area contributed by atoms with Crippen molar-refractivity contribution in [2.45, 2.75) is 38.0 Å². The first-order valence-corrected chi connectivity index (χ1v) is 9.22. The second-order valence-electron chi connectivity index (χ2n) is 6.49. The highest BCUT2D eigenvalue weighted by molar-refractivity contribution is 7.14. The van der Waals surface area contributed by atoms with Crippen LogP contribution < -0.4 is 4.90 Å². The molecule has 1 aliphatic carbocycles. The van der Waals surface area contributed by atoms with Gasteiger partial charge in [0.2, 0.25) is 0 Å². The van der Waals surface area contributed by atoms with Crippen molar-refractivity contribution >= 4 is 28.9 Å². The van der Waals surface area contributed by atoms with E-state index >= 15 is 0 Å². The average molecular weight is 341 g/mol. The minimum Gasteiger partial charge on any atom is -0.481 e. The Balaban J connectivity index is 1.67. The van der Waals surface area contributed by atoms with Crippen molar-refractivity contribution in [1.82, 2.24) is 0 Å². The van der Waals surface area contributed by atoms with Gasteiger partial charge in [-0.25, -0.2) is 0 Å². The Morgan fingerprint density at radius 3 is 2.75 bits per heavy atom. The smallest absolute Gasteiger partial charge is 0.312 e. The van der Waals surface area contributed by atoms with Crippen molar-refractivity contribution in [3.8, 4) is 0 Å². The van der Waals surface area contributed by atoms with E-state index in [2.05, 4.69) is 0 Å². The second kappa shape index (κ2) is 6.06. The number of aryl methyl sites for hydroxylation is 2. The van der Waals surface area contributed by atoms with Crippen LogP contribution in [0.3, 0.4) is 0 Å². The van der Waals surface area contributed by atoms with E-state index in [0.29, 0.717) is 0 Å². The first kappa shape index (κ1) is 15.4. The van der Waals surface area contributed by atoms with Crippen molar-refractivity contribution in [2.24, 2.45) is 0 Å². The monoisotopic (exact) mass is 341 g/mol. The lowest BCUT2D eigenvalue weighted by molar-refractivity contribution is -0.138. The molecule has 1 aromatic carbocycles. The van der Waals surface area contributed by atoms with Crippen LogP contribution in [-0.2, 0) is 17.6 Å². The predicted molar refractivity (Wildman–Crippen MR) is 94.1 cm³/mol. The highest BCUT2D eigenvalue weighted by Crippen LogP contribution is 2.38. The molecule has 1 atom stereocenters. The Labute approximate surface area is 144 Å². The van der Waals surface area contributed by atoms with Gasteiger partial charge in [-0.3, -0.25) is 9.59 Å². The molecule has 124 valence electrons. The zero-order valence-corrected chi connectivity index (χ0v) is 14.1. The van der Waals surface area contributed by atoms with Crippen LogP contribution in [0.25, 0.3) is 0 Å². The van der Waals surface area contributed by atoms with E-state index in [1.807, 2.05) is 30.3 Å². The Bertz CT molecular complexity index is 787. The van der Waals surface area contributed by atoms with Crippen molar-refractivity contribution in [3.05, 3.63) is 51.2 Å². The first-order chi connectivity index (χ1) is 11.6. The minimum atomic E-state index is -0.875. The number of carbonyl (C=O) groups is 2. The minimum absolute atomic E-state index is 0.0655. The number of rotatable bonds is 2. The number of amides is 1. The number of thiophene rings is 1. The summed E-state index contributed by atoms with van der Waals surface area (Å²) in [5.41, 5.74) is 2.78. The van der Waals surface area contributed by atoms with E-state index < -0.39 is 11.9 Å². The zero-order valence-electron chi connectivity index (χ0n) is 13.3. The third-order valence-corrected chi connectivity index (χ3v) is 6.19. The van der Waals surface area contributed by atoms with E-state index in [4.69, 9.17) is 0 Å². The Hall–Kier alpha value is -2.14. The molecular formula is C19H19NO3S. The van der Waals surface area contributed by atoms with E-state index in [0.717, 1.165) is 29.0 Å². The molecule has 2 aliphatic rings. The van der Waals surface area contributed by atoms with Gasteiger partial charge in [0.25, 0.3) is 5.91 Å². The van der Waals surface area contributed by atoms with Crippen LogP contribution in [0, 0.1) is 0 Å². The molecule has 4 rings (SSSR count). The SMILES string of the molecule is O=C(O)C1CN(C(=O)c2cc3c(s2)CCCCC3)c2ccccc21. The Morgan fingerprint density at radius 1 is 1.12 bits per heavy atom. The number of fused-ring (bicyclic) bond motifs is 2. The lowest BCUT2D eigenvalue weighted by atomic mass is 10.0. The number of benzene rings is 1. The molecule has 0 saturated carbocycles. The zero-order chi connectivity index (χ0) is 16.7. The number of hydrogen-bond donors (Lipinski definition) is 1. The van der Waals surface area contributed by atoms with Gasteiger partial charge in [-0.1, -0.05) is 24.6 Å². The fourth-order valence-electron chi connectivity index (χ4n) is 3.72. The van der Waals surface area contributed by atoms with Gasteiger partial charge in [0.15, 0.2) is 0 Å². The molecule has 0 saturated heterocycles. The normalized spacial score (nSPS) is 19.5. The van der Waals surface area contributed by atoms with Crippen LogP contribution in [0.15, 0.2) is 30.3 Å². The second-order valence-corrected chi connectivity index (χ2v) is 7.62. The fraction of sp³-hybridized carbons (Fsp3) is 0.368. The molecule has 1 unspecified atom stereocenters. The van der Waals surface area contributed by atoms with Gasteiger partial charge < -0.3 is 10.0 Å². The van der Waals surface area contributed by atoms with Gasteiger partial charge in [-0.15, -0.1) is 11.3 Å². The molecule has 0 radical (unpaired) electrons. The standard InChI is InChI=1S/C19H19NO3S/c21-18(17-10-12-6-2-1-3-9-16(12)24-17)20-11-14(19(22)23)13-7-4-5-8-15(13)20/h4-5,7-8,10,14H,1-3,6,9,11H2,(H,22,23). The molecule has 1 N–H and O–H groups in total. The number of carboxylic acids is 1. The maximum Gasteiger partial charge on any atom is 0.312 e. The summed E-state index contributed by atoms with van der Waals surface area (Å²) in [5, 5.41) is 9.46. The molecule has 0 bridgehead atoms. The summed E-state index contributed by atoms with van der Waals surface area (Å²) in [6, 6.07) is 9.37. The fourth-order valence-corrected chi connectivity index (χ4v) is 4.92. The molecule has 2 aromatic rings. The van der Waals surface area contributed by atoms with Crippen LogP contribution in [-0.4, -0.2) is 23.5 Å². The van der Waals surface area contributed by atoms with Crippen LogP contribution in [0.1, 0.15) is 50.9 Å². The van der Waals surface area contributed by atoms with Gasteiger partial charge in [-0.05, 0) is 48.9 Å². The van der Waals surface area contributed by atoms with Crippen LogP contribution >= 0.6 is 11.3 Å². The summed E-state index contributed by atoms with van der Waals surface area (Å²) in [4.78, 5) is 28.3. The van der Waals surface area contributed by atoms with E-state index in [9.17, 15) is 14.7 Å². The maximum atomic E-state index is 13.0. The molecule has 1 aromatic heterocycles. The van der Waals surface area contributed by atoms with Crippen molar-refractivity contribution in [1.29, 1.82) is 0 Å². The van der Waals surface area contributed by atoms with E-state index in [-0.39, 0.29) is 12.5 Å². The number of hydrogen-bond acceptors (Lipinski definition) is 3. The summed E-state index contributed by atoms with van der Waals surface area (Å²) >= 11 is 1.59.